The summed E-state index contributed by atoms with van der Waals surface area (Å²) in [6.45, 7) is 4.26. The molecule has 1 aliphatic heterocycles. The second kappa shape index (κ2) is 8.62. The molecule has 8 heteroatoms. The SMILES string of the molecule is CC(C)c1ccc(/C=C2\S/C(=N/N=C\c3cccc([N+](=O)[O-])c3)NC2=O)cc1. The van der Waals surface area contributed by atoms with E-state index in [1.165, 1.54) is 35.7 Å². The van der Waals surface area contributed by atoms with E-state index in [1.807, 2.05) is 24.3 Å². The minimum atomic E-state index is -0.471. The number of amidine groups is 1. The van der Waals surface area contributed by atoms with Gasteiger partial charge in [-0.05, 0) is 34.9 Å². The molecular weight excluding hydrogens is 376 g/mol. The molecule has 0 atom stereocenters. The summed E-state index contributed by atoms with van der Waals surface area (Å²) in [4.78, 5) is 23.0. The Morgan fingerprint density at radius 3 is 2.57 bits per heavy atom. The first-order valence-electron chi connectivity index (χ1n) is 8.59. The third-order valence-corrected chi connectivity index (χ3v) is 4.89. The van der Waals surface area contributed by atoms with Gasteiger partial charge in [-0.2, -0.15) is 5.10 Å². The molecule has 1 N–H and O–H groups in total. The first-order valence-corrected chi connectivity index (χ1v) is 9.40. The number of rotatable bonds is 5. The van der Waals surface area contributed by atoms with Crippen molar-refractivity contribution in [2.75, 3.05) is 0 Å². The van der Waals surface area contributed by atoms with Crippen LogP contribution in [0.25, 0.3) is 6.08 Å². The van der Waals surface area contributed by atoms with Crippen molar-refractivity contribution in [3.8, 4) is 0 Å². The summed E-state index contributed by atoms with van der Waals surface area (Å²) in [5.74, 6) is 0.218. The highest BCUT2D eigenvalue weighted by Crippen LogP contribution is 2.26. The van der Waals surface area contributed by atoms with E-state index in [2.05, 4.69) is 29.4 Å². The lowest BCUT2D eigenvalue weighted by atomic mass is 10.0. The number of carbonyl (C=O) groups excluding carboxylic acids is 1. The Labute approximate surface area is 166 Å². The van der Waals surface area contributed by atoms with Crippen molar-refractivity contribution in [3.05, 3.63) is 80.2 Å². The number of thioether (sulfide) groups is 1. The van der Waals surface area contributed by atoms with Crippen molar-refractivity contribution in [1.82, 2.24) is 5.32 Å². The third kappa shape index (κ3) is 4.92. The lowest BCUT2D eigenvalue weighted by Crippen LogP contribution is -2.19. The van der Waals surface area contributed by atoms with Crippen LogP contribution in [-0.2, 0) is 4.79 Å². The van der Waals surface area contributed by atoms with Crippen molar-refractivity contribution in [3.63, 3.8) is 0 Å². The number of nitro groups is 1. The molecule has 1 aliphatic rings. The lowest BCUT2D eigenvalue weighted by molar-refractivity contribution is -0.384. The highest BCUT2D eigenvalue weighted by molar-refractivity contribution is 8.18. The van der Waals surface area contributed by atoms with Crippen LogP contribution >= 0.6 is 11.8 Å². The predicted octanol–water partition coefficient (Wildman–Crippen LogP) is 4.31. The standard InChI is InChI=1S/C20H18N4O3S/c1-13(2)16-8-6-14(7-9-16)11-18-19(25)22-20(28-18)23-21-12-15-4-3-5-17(10-15)24(26)27/h3-13H,1-2H3,(H,22,23,25)/b18-11-,21-12-. The Balaban J connectivity index is 1.69. The predicted molar refractivity (Wildman–Crippen MR) is 112 cm³/mol. The fourth-order valence-electron chi connectivity index (χ4n) is 2.47. The molecule has 3 rings (SSSR count). The van der Waals surface area contributed by atoms with Crippen LogP contribution in [0.1, 0.15) is 36.5 Å². The topological polar surface area (TPSA) is 97.0 Å². The van der Waals surface area contributed by atoms with Gasteiger partial charge in [-0.25, -0.2) is 0 Å². The zero-order valence-corrected chi connectivity index (χ0v) is 16.1. The van der Waals surface area contributed by atoms with E-state index < -0.39 is 4.92 Å². The van der Waals surface area contributed by atoms with Gasteiger partial charge >= 0.3 is 0 Å². The van der Waals surface area contributed by atoms with E-state index in [0.29, 0.717) is 21.6 Å². The average Bonchev–Trinajstić information content (AvgIpc) is 3.01. The summed E-state index contributed by atoms with van der Waals surface area (Å²) in [5, 5.41) is 21.7. The fourth-order valence-corrected chi connectivity index (χ4v) is 3.25. The molecule has 7 nitrogen and oxygen atoms in total. The summed E-state index contributed by atoms with van der Waals surface area (Å²) >= 11 is 1.20. The lowest BCUT2D eigenvalue weighted by Gasteiger charge is -2.04. The van der Waals surface area contributed by atoms with Crippen molar-refractivity contribution < 1.29 is 9.72 Å². The first-order chi connectivity index (χ1) is 13.4. The molecule has 0 radical (unpaired) electrons. The normalized spacial score (nSPS) is 17.0. The van der Waals surface area contributed by atoms with E-state index in [1.54, 1.807) is 18.2 Å². The van der Waals surface area contributed by atoms with E-state index in [-0.39, 0.29) is 11.6 Å². The molecule has 0 saturated carbocycles. The number of benzene rings is 2. The van der Waals surface area contributed by atoms with Gasteiger partial charge in [-0.1, -0.05) is 50.2 Å². The molecule has 1 amide bonds. The van der Waals surface area contributed by atoms with Crippen LogP contribution in [0.5, 0.6) is 0 Å². The van der Waals surface area contributed by atoms with Crippen molar-refractivity contribution >= 4 is 40.8 Å². The van der Waals surface area contributed by atoms with E-state index >= 15 is 0 Å². The quantitative estimate of drug-likeness (QED) is 0.354. The molecule has 0 aromatic heterocycles. The van der Waals surface area contributed by atoms with E-state index in [9.17, 15) is 14.9 Å². The second-order valence-corrected chi connectivity index (χ2v) is 7.42. The second-order valence-electron chi connectivity index (χ2n) is 6.39. The molecule has 2 aromatic carbocycles. The maximum atomic E-state index is 12.1. The number of nitrogens with one attached hydrogen (secondary N) is 1. The van der Waals surface area contributed by atoms with Crippen molar-refractivity contribution in [2.24, 2.45) is 10.2 Å². The van der Waals surface area contributed by atoms with Crippen LogP contribution in [-0.4, -0.2) is 22.2 Å². The smallest absolute Gasteiger partial charge is 0.270 e. The Bertz CT molecular complexity index is 995. The third-order valence-electron chi connectivity index (χ3n) is 3.99. The maximum Gasteiger partial charge on any atom is 0.270 e. The number of nitrogens with zero attached hydrogens (tertiary/aromatic N) is 3. The average molecular weight is 394 g/mol. The number of hydrogen-bond acceptors (Lipinski definition) is 6. The molecule has 28 heavy (non-hydrogen) atoms. The van der Waals surface area contributed by atoms with Gasteiger partial charge in [0.25, 0.3) is 11.6 Å². The van der Waals surface area contributed by atoms with Gasteiger partial charge < -0.3 is 0 Å². The highest BCUT2D eigenvalue weighted by Gasteiger charge is 2.23. The molecule has 0 bridgehead atoms. The fraction of sp³-hybridized carbons (Fsp3) is 0.150. The van der Waals surface area contributed by atoms with Gasteiger partial charge in [0.2, 0.25) is 0 Å². The van der Waals surface area contributed by atoms with E-state index in [4.69, 9.17) is 0 Å². The molecule has 1 fully saturated rings. The van der Waals surface area contributed by atoms with Crippen LogP contribution in [0.4, 0.5) is 5.69 Å². The van der Waals surface area contributed by atoms with Gasteiger partial charge in [0.05, 0.1) is 16.0 Å². The minimum absolute atomic E-state index is 0.0196. The Hall–Kier alpha value is -3.26. The molecular formula is C20H18N4O3S. The number of amides is 1. The summed E-state index contributed by atoms with van der Waals surface area (Å²) < 4.78 is 0. The molecule has 142 valence electrons. The van der Waals surface area contributed by atoms with Crippen molar-refractivity contribution in [1.29, 1.82) is 0 Å². The monoisotopic (exact) mass is 394 g/mol. The number of carbonyl (C=O) groups is 1. The zero-order chi connectivity index (χ0) is 20.1. The zero-order valence-electron chi connectivity index (χ0n) is 15.3. The largest absolute Gasteiger partial charge is 0.299 e. The molecule has 2 aromatic rings. The van der Waals surface area contributed by atoms with Crippen molar-refractivity contribution in [2.45, 2.75) is 19.8 Å². The van der Waals surface area contributed by atoms with Crippen LogP contribution in [0.2, 0.25) is 0 Å². The summed E-state index contributed by atoms with van der Waals surface area (Å²) in [5.41, 5.74) is 2.70. The van der Waals surface area contributed by atoms with Crippen LogP contribution in [0.15, 0.2) is 63.6 Å². The number of non-ortho nitro benzene ring substituents is 1. The van der Waals surface area contributed by atoms with Gasteiger partial charge in [0.15, 0.2) is 5.17 Å². The number of hydrogen-bond donors (Lipinski definition) is 1. The first kappa shape index (κ1) is 19.5. The molecule has 0 spiro atoms. The molecule has 0 unspecified atom stereocenters. The van der Waals surface area contributed by atoms with Gasteiger partial charge in [-0.15, -0.1) is 5.10 Å². The maximum absolute atomic E-state index is 12.1. The molecule has 1 heterocycles. The molecule has 1 saturated heterocycles. The van der Waals surface area contributed by atoms with Crippen LogP contribution in [0.3, 0.4) is 0 Å². The van der Waals surface area contributed by atoms with Crippen LogP contribution in [0, 0.1) is 10.1 Å². The Morgan fingerprint density at radius 2 is 1.89 bits per heavy atom. The molecule has 0 aliphatic carbocycles. The van der Waals surface area contributed by atoms with Gasteiger partial charge in [0.1, 0.15) is 0 Å². The summed E-state index contributed by atoms with van der Waals surface area (Å²) in [6.07, 6.45) is 3.20. The highest BCUT2D eigenvalue weighted by atomic mass is 32.2. The van der Waals surface area contributed by atoms with E-state index in [0.717, 1.165) is 5.56 Å². The minimum Gasteiger partial charge on any atom is -0.299 e. The summed E-state index contributed by atoms with van der Waals surface area (Å²) in [7, 11) is 0. The Morgan fingerprint density at radius 1 is 1.14 bits per heavy atom. The number of nitro benzene ring substituents is 1. The Kier molecular flexibility index (Phi) is 6.00. The summed E-state index contributed by atoms with van der Waals surface area (Å²) in [6, 6.07) is 14.1. The van der Waals surface area contributed by atoms with Gasteiger partial charge in [-0.3, -0.25) is 20.2 Å². The van der Waals surface area contributed by atoms with Gasteiger partial charge in [0, 0.05) is 17.7 Å². The van der Waals surface area contributed by atoms with Crippen LogP contribution < -0.4 is 5.32 Å².